The minimum absolute atomic E-state index is 0.0917. The van der Waals surface area contributed by atoms with E-state index in [-0.39, 0.29) is 43.7 Å². The summed E-state index contributed by atoms with van der Waals surface area (Å²) < 4.78 is 4.94. The molecule has 9 nitrogen and oxygen atoms in total. The average molecular weight is 330 g/mol. The van der Waals surface area contributed by atoms with Crippen LogP contribution in [0.1, 0.15) is 26.2 Å². The van der Waals surface area contributed by atoms with Crippen LogP contribution in [-0.4, -0.2) is 68.4 Å². The highest BCUT2D eigenvalue weighted by atomic mass is 16.5. The first-order valence-corrected chi connectivity index (χ1v) is 7.43. The highest BCUT2D eigenvalue weighted by Crippen LogP contribution is 1.94. The zero-order valence-corrected chi connectivity index (χ0v) is 13.7. The highest BCUT2D eigenvalue weighted by molar-refractivity contribution is 5.83. The zero-order valence-electron chi connectivity index (χ0n) is 13.7. The van der Waals surface area contributed by atoms with Gasteiger partial charge in [-0.05, 0) is 6.42 Å². The first-order valence-electron chi connectivity index (χ1n) is 7.43. The molecule has 4 amide bonds. The van der Waals surface area contributed by atoms with Crippen LogP contribution in [0.4, 0.5) is 0 Å². The molecule has 0 radical (unpaired) electrons. The third kappa shape index (κ3) is 12.1. The molecule has 0 aliphatic carbocycles. The Kier molecular flexibility index (Phi) is 11.2. The van der Waals surface area contributed by atoms with Gasteiger partial charge >= 0.3 is 0 Å². The van der Waals surface area contributed by atoms with Crippen molar-refractivity contribution < 1.29 is 23.9 Å². The Morgan fingerprint density at radius 1 is 1.09 bits per heavy atom. The molecule has 0 atom stereocenters. The molecular weight excluding hydrogens is 304 g/mol. The summed E-state index contributed by atoms with van der Waals surface area (Å²) in [6, 6.07) is 0. The standard InChI is InChI=1S/C14H26N4O5/c1-11(19)17-10-14(22)18(8-9-23-2)7-6-16-13(21)5-3-4-12(15)20/h3-10H2,1-2H3,(H2,15,20)(H,16,21)(H,17,19). The minimum atomic E-state index is -0.438. The van der Waals surface area contributed by atoms with Gasteiger partial charge < -0.3 is 26.0 Å². The summed E-state index contributed by atoms with van der Waals surface area (Å²) in [5.74, 6) is -1.17. The summed E-state index contributed by atoms with van der Waals surface area (Å²) in [6.07, 6.45) is 0.777. The number of primary amides is 1. The predicted octanol–water partition coefficient (Wildman–Crippen LogP) is -1.63. The van der Waals surface area contributed by atoms with Gasteiger partial charge in [0.25, 0.3) is 0 Å². The number of hydrogen-bond donors (Lipinski definition) is 3. The van der Waals surface area contributed by atoms with Gasteiger partial charge in [0, 0.05) is 46.5 Å². The largest absolute Gasteiger partial charge is 0.383 e. The van der Waals surface area contributed by atoms with E-state index >= 15 is 0 Å². The lowest BCUT2D eigenvalue weighted by molar-refractivity contribution is -0.133. The maximum atomic E-state index is 12.0. The van der Waals surface area contributed by atoms with Gasteiger partial charge in [-0.15, -0.1) is 0 Å². The third-order valence-electron chi connectivity index (χ3n) is 2.94. The fourth-order valence-corrected chi connectivity index (χ4v) is 1.72. The van der Waals surface area contributed by atoms with E-state index in [1.165, 1.54) is 18.9 Å². The molecule has 4 N–H and O–H groups in total. The summed E-state index contributed by atoms with van der Waals surface area (Å²) in [7, 11) is 1.52. The molecule has 9 heteroatoms. The zero-order chi connectivity index (χ0) is 17.7. The van der Waals surface area contributed by atoms with Crippen molar-refractivity contribution in [3.05, 3.63) is 0 Å². The fourth-order valence-electron chi connectivity index (χ4n) is 1.72. The Morgan fingerprint density at radius 3 is 2.35 bits per heavy atom. The van der Waals surface area contributed by atoms with Gasteiger partial charge in [0.05, 0.1) is 13.2 Å². The summed E-state index contributed by atoms with van der Waals surface area (Å²) >= 11 is 0. The predicted molar refractivity (Wildman–Crippen MR) is 83.2 cm³/mol. The third-order valence-corrected chi connectivity index (χ3v) is 2.94. The SMILES string of the molecule is COCCN(CCNC(=O)CCCC(N)=O)C(=O)CNC(C)=O. The van der Waals surface area contributed by atoms with Crippen molar-refractivity contribution in [2.75, 3.05) is 39.9 Å². The van der Waals surface area contributed by atoms with Gasteiger partial charge in [0.15, 0.2) is 0 Å². The fraction of sp³-hybridized carbons (Fsp3) is 0.714. The van der Waals surface area contributed by atoms with Crippen molar-refractivity contribution in [3.63, 3.8) is 0 Å². The highest BCUT2D eigenvalue weighted by Gasteiger charge is 2.13. The second kappa shape index (κ2) is 12.4. The normalized spacial score (nSPS) is 10.0. The summed E-state index contributed by atoms with van der Waals surface area (Å²) in [4.78, 5) is 46.4. The number of nitrogens with zero attached hydrogens (tertiary/aromatic N) is 1. The molecule has 0 heterocycles. The number of hydrogen-bond acceptors (Lipinski definition) is 5. The topological polar surface area (TPSA) is 131 Å². The van der Waals surface area contributed by atoms with Crippen molar-refractivity contribution in [1.29, 1.82) is 0 Å². The van der Waals surface area contributed by atoms with E-state index in [1.54, 1.807) is 0 Å². The van der Waals surface area contributed by atoms with Crippen LogP contribution in [0.25, 0.3) is 0 Å². The van der Waals surface area contributed by atoms with Gasteiger partial charge in [-0.2, -0.15) is 0 Å². The van der Waals surface area contributed by atoms with E-state index in [4.69, 9.17) is 10.5 Å². The van der Waals surface area contributed by atoms with Crippen molar-refractivity contribution in [1.82, 2.24) is 15.5 Å². The van der Waals surface area contributed by atoms with E-state index in [1.807, 2.05) is 0 Å². The molecule has 0 spiro atoms. The summed E-state index contributed by atoms with van der Waals surface area (Å²) in [6.45, 7) is 2.56. The maximum absolute atomic E-state index is 12.0. The van der Waals surface area contributed by atoms with Crippen molar-refractivity contribution in [3.8, 4) is 0 Å². The van der Waals surface area contributed by atoms with E-state index in [0.717, 1.165) is 0 Å². The smallest absolute Gasteiger partial charge is 0.242 e. The van der Waals surface area contributed by atoms with Gasteiger partial charge in [0.2, 0.25) is 23.6 Å². The van der Waals surface area contributed by atoms with E-state index < -0.39 is 5.91 Å². The lowest BCUT2D eigenvalue weighted by atomic mass is 10.2. The van der Waals surface area contributed by atoms with Gasteiger partial charge in [-0.1, -0.05) is 0 Å². The van der Waals surface area contributed by atoms with Crippen LogP contribution in [0.3, 0.4) is 0 Å². The second-order valence-corrected chi connectivity index (χ2v) is 4.95. The number of carbonyl (C=O) groups is 4. The first-order chi connectivity index (χ1) is 10.9. The number of nitrogens with one attached hydrogen (secondary N) is 2. The summed E-state index contributed by atoms with van der Waals surface area (Å²) in [5.41, 5.74) is 4.99. The molecule has 0 aromatic rings. The molecule has 0 aliphatic heterocycles. The lowest BCUT2D eigenvalue weighted by Crippen LogP contribution is -2.44. The summed E-state index contributed by atoms with van der Waals surface area (Å²) in [5, 5.41) is 5.11. The van der Waals surface area contributed by atoms with Crippen molar-refractivity contribution in [2.24, 2.45) is 5.73 Å². The van der Waals surface area contributed by atoms with E-state index in [9.17, 15) is 19.2 Å². The van der Waals surface area contributed by atoms with Crippen LogP contribution in [0.15, 0.2) is 0 Å². The van der Waals surface area contributed by atoms with Crippen LogP contribution >= 0.6 is 0 Å². The van der Waals surface area contributed by atoms with E-state index in [2.05, 4.69) is 10.6 Å². The molecule has 0 aliphatic rings. The van der Waals surface area contributed by atoms with Crippen molar-refractivity contribution in [2.45, 2.75) is 26.2 Å². The first kappa shape index (κ1) is 20.8. The number of amides is 4. The second-order valence-electron chi connectivity index (χ2n) is 4.95. The number of rotatable bonds is 12. The van der Waals surface area contributed by atoms with Gasteiger partial charge in [-0.25, -0.2) is 0 Å². The molecule has 23 heavy (non-hydrogen) atoms. The maximum Gasteiger partial charge on any atom is 0.242 e. The lowest BCUT2D eigenvalue weighted by Gasteiger charge is -2.22. The number of methoxy groups -OCH3 is 1. The Balaban J connectivity index is 4.12. The Hall–Kier alpha value is -2.16. The molecule has 0 fully saturated rings. The van der Waals surface area contributed by atoms with Crippen molar-refractivity contribution >= 4 is 23.6 Å². The number of nitrogens with two attached hydrogens (primary N) is 1. The molecule has 132 valence electrons. The van der Waals surface area contributed by atoms with E-state index in [0.29, 0.717) is 26.1 Å². The molecule has 0 saturated heterocycles. The van der Waals surface area contributed by atoms with Crippen LogP contribution in [0.2, 0.25) is 0 Å². The quantitative estimate of drug-likeness (QED) is 0.395. The molecule has 0 bridgehead atoms. The van der Waals surface area contributed by atoms with Crippen LogP contribution in [0, 0.1) is 0 Å². The van der Waals surface area contributed by atoms with Gasteiger partial charge in [0.1, 0.15) is 0 Å². The molecule has 0 aromatic carbocycles. The Labute approximate surface area is 135 Å². The number of carbonyl (C=O) groups excluding carboxylic acids is 4. The Bertz CT molecular complexity index is 414. The van der Waals surface area contributed by atoms with Crippen LogP contribution < -0.4 is 16.4 Å². The monoisotopic (exact) mass is 330 g/mol. The van der Waals surface area contributed by atoms with Crippen LogP contribution in [0.5, 0.6) is 0 Å². The molecule has 0 unspecified atom stereocenters. The Morgan fingerprint density at radius 2 is 1.78 bits per heavy atom. The number of ether oxygens (including phenoxy) is 1. The molecule has 0 aromatic heterocycles. The molecule has 0 rings (SSSR count). The van der Waals surface area contributed by atoms with Crippen LogP contribution in [-0.2, 0) is 23.9 Å². The molecular formula is C14H26N4O5. The minimum Gasteiger partial charge on any atom is -0.383 e. The molecule has 0 saturated carbocycles. The average Bonchev–Trinajstić information content (AvgIpc) is 2.47. The van der Waals surface area contributed by atoms with Gasteiger partial charge in [-0.3, -0.25) is 19.2 Å².